The highest BCUT2D eigenvalue weighted by Gasteiger charge is 2.20. The number of benzene rings is 2. The van der Waals surface area contributed by atoms with Gasteiger partial charge in [-0.15, -0.1) is 0 Å². The van der Waals surface area contributed by atoms with E-state index in [4.69, 9.17) is 5.73 Å². The molecule has 2 nitrogen and oxygen atoms in total. The van der Waals surface area contributed by atoms with E-state index in [9.17, 15) is 4.39 Å². The lowest BCUT2D eigenvalue weighted by atomic mass is 9.97. The standard InChI is InChI=1S/C18H21FN2/c1-13(20)11-16-17(19)7-4-8-18(16)21-10-9-14-5-2-3-6-15(14)12-21/h2-8,13H,9-12,20H2,1H3. The molecule has 2 aromatic rings. The summed E-state index contributed by atoms with van der Waals surface area (Å²) in [5, 5.41) is 0. The molecule has 0 bridgehead atoms. The van der Waals surface area contributed by atoms with Crippen molar-refractivity contribution < 1.29 is 4.39 Å². The molecular weight excluding hydrogens is 263 g/mol. The predicted molar refractivity (Wildman–Crippen MR) is 84.9 cm³/mol. The number of rotatable bonds is 3. The summed E-state index contributed by atoms with van der Waals surface area (Å²) in [5.41, 5.74) is 10.3. The zero-order valence-electron chi connectivity index (χ0n) is 12.3. The molecule has 3 rings (SSSR count). The minimum absolute atomic E-state index is 0.0438. The smallest absolute Gasteiger partial charge is 0.128 e. The van der Waals surface area contributed by atoms with Crippen molar-refractivity contribution in [3.63, 3.8) is 0 Å². The Labute approximate surface area is 125 Å². The van der Waals surface area contributed by atoms with Crippen LogP contribution in [-0.4, -0.2) is 12.6 Å². The molecule has 0 fully saturated rings. The topological polar surface area (TPSA) is 29.3 Å². The number of fused-ring (bicyclic) bond motifs is 1. The van der Waals surface area contributed by atoms with Gasteiger partial charge in [0.2, 0.25) is 0 Å². The SMILES string of the molecule is CC(N)Cc1c(F)cccc1N1CCc2ccccc2C1. The summed E-state index contributed by atoms with van der Waals surface area (Å²) in [5.74, 6) is -0.149. The van der Waals surface area contributed by atoms with Gasteiger partial charge < -0.3 is 10.6 Å². The number of halogens is 1. The van der Waals surface area contributed by atoms with Crippen LogP contribution in [-0.2, 0) is 19.4 Å². The Hall–Kier alpha value is -1.87. The molecule has 110 valence electrons. The third-order valence-electron chi connectivity index (χ3n) is 4.09. The highest BCUT2D eigenvalue weighted by molar-refractivity contribution is 5.56. The summed E-state index contributed by atoms with van der Waals surface area (Å²) in [6.45, 7) is 3.68. The van der Waals surface area contributed by atoms with Gasteiger partial charge in [0.05, 0.1) is 0 Å². The van der Waals surface area contributed by atoms with E-state index < -0.39 is 0 Å². The molecular formula is C18H21FN2. The summed E-state index contributed by atoms with van der Waals surface area (Å²) < 4.78 is 14.2. The molecule has 1 heterocycles. The monoisotopic (exact) mass is 284 g/mol. The van der Waals surface area contributed by atoms with Crippen molar-refractivity contribution in [3.05, 3.63) is 65.0 Å². The summed E-state index contributed by atoms with van der Waals surface area (Å²) >= 11 is 0. The van der Waals surface area contributed by atoms with Crippen molar-refractivity contribution in [2.75, 3.05) is 11.4 Å². The molecule has 21 heavy (non-hydrogen) atoms. The molecule has 0 radical (unpaired) electrons. The average Bonchev–Trinajstić information content (AvgIpc) is 2.48. The second-order valence-corrected chi connectivity index (χ2v) is 5.86. The van der Waals surface area contributed by atoms with Gasteiger partial charge >= 0.3 is 0 Å². The van der Waals surface area contributed by atoms with Crippen molar-refractivity contribution in [1.29, 1.82) is 0 Å². The Morgan fingerprint density at radius 1 is 1.14 bits per heavy atom. The van der Waals surface area contributed by atoms with Crippen LogP contribution in [0.3, 0.4) is 0 Å². The van der Waals surface area contributed by atoms with E-state index in [1.165, 1.54) is 17.2 Å². The Morgan fingerprint density at radius 3 is 2.67 bits per heavy atom. The van der Waals surface area contributed by atoms with Gasteiger partial charge in [-0.2, -0.15) is 0 Å². The number of hydrogen-bond acceptors (Lipinski definition) is 2. The second-order valence-electron chi connectivity index (χ2n) is 5.86. The number of hydrogen-bond donors (Lipinski definition) is 1. The Balaban J connectivity index is 1.93. The highest BCUT2D eigenvalue weighted by Crippen LogP contribution is 2.29. The van der Waals surface area contributed by atoms with E-state index >= 15 is 0 Å². The van der Waals surface area contributed by atoms with E-state index in [-0.39, 0.29) is 11.9 Å². The van der Waals surface area contributed by atoms with Crippen LogP contribution in [0.2, 0.25) is 0 Å². The lowest BCUT2D eigenvalue weighted by molar-refractivity contribution is 0.592. The van der Waals surface area contributed by atoms with Gasteiger partial charge in [0.25, 0.3) is 0 Å². The molecule has 1 atom stereocenters. The zero-order chi connectivity index (χ0) is 14.8. The quantitative estimate of drug-likeness (QED) is 0.937. The molecule has 1 aliphatic rings. The fraction of sp³-hybridized carbons (Fsp3) is 0.333. The van der Waals surface area contributed by atoms with Gasteiger partial charge in [0.15, 0.2) is 0 Å². The van der Waals surface area contributed by atoms with Gasteiger partial charge in [-0.25, -0.2) is 4.39 Å². The largest absolute Gasteiger partial charge is 0.367 e. The van der Waals surface area contributed by atoms with E-state index in [2.05, 4.69) is 29.2 Å². The van der Waals surface area contributed by atoms with Gasteiger partial charge in [0.1, 0.15) is 5.82 Å². The van der Waals surface area contributed by atoms with E-state index in [1.54, 1.807) is 6.07 Å². The van der Waals surface area contributed by atoms with Crippen LogP contribution in [0.4, 0.5) is 10.1 Å². The maximum absolute atomic E-state index is 14.2. The molecule has 0 aromatic heterocycles. The zero-order valence-corrected chi connectivity index (χ0v) is 12.3. The first-order valence-electron chi connectivity index (χ1n) is 7.50. The minimum Gasteiger partial charge on any atom is -0.367 e. The van der Waals surface area contributed by atoms with Crippen molar-refractivity contribution in [1.82, 2.24) is 0 Å². The van der Waals surface area contributed by atoms with Crippen molar-refractivity contribution in [3.8, 4) is 0 Å². The average molecular weight is 284 g/mol. The maximum atomic E-state index is 14.2. The van der Waals surface area contributed by atoms with E-state index in [1.807, 2.05) is 13.0 Å². The predicted octanol–water partition coefficient (Wildman–Crippen LogP) is 3.28. The van der Waals surface area contributed by atoms with Gasteiger partial charge in [-0.3, -0.25) is 0 Å². The molecule has 1 aliphatic heterocycles. The highest BCUT2D eigenvalue weighted by atomic mass is 19.1. The number of anilines is 1. The second kappa shape index (κ2) is 5.86. The fourth-order valence-corrected chi connectivity index (χ4v) is 3.07. The Morgan fingerprint density at radius 2 is 1.90 bits per heavy atom. The molecule has 0 aliphatic carbocycles. The van der Waals surface area contributed by atoms with Crippen molar-refractivity contribution in [2.45, 2.75) is 32.4 Å². The summed E-state index contributed by atoms with van der Waals surface area (Å²) in [6, 6.07) is 13.8. The van der Waals surface area contributed by atoms with Crippen molar-refractivity contribution in [2.24, 2.45) is 5.73 Å². The molecule has 0 saturated carbocycles. The number of nitrogens with two attached hydrogens (primary N) is 1. The summed E-state index contributed by atoms with van der Waals surface area (Å²) in [6.07, 6.45) is 1.57. The van der Waals surface area contributed by atoms with Gasteiger partial charge in [0, 0.05) is 30.4 Å². The molecule has 0 saturated heterocycles. The van der Waals surface area contributed by atoms with Crippen LogP contribution < -0.4 is 10.6 Å². The molecule has 3 heteroatoms. The van der Waals surface area contributed by atoms with Crippen molar-refractivity contribution >= 4 is 5.69 Å². The summed E-state index contributed by atoms with van der Waals surface area (Å²) in [4.78, 5) is 2.27. The maximum Gasteiger partial charge on any atom is 0.128 e. The third-order valence-corrected chi connectivity index (χ3v) is 4.09. The first kappa shape index (κ1) is 14.1. The molecule has 0 spiro atoms. The summed E-state index contributed by atoms with van der Waals surface area (Å²) in [7, 11) is 0. The molecule has 2 aromatic carbocycles. The van der Waals surface area contributed by atoms with Crippen LogP contribution in [0.15, 0.2) is 42.5 Å². The lowest BCUT2D eigenvalue weighted by Gasteiger charge is -2.32. The van der Waals surface area contributed by atoms with Crippen LogP contribution in [0, 0.1) is 5.82 Å². The first-order valence-corrected chi connectivity index (χ1v) is 7.50. The van der Waals surface area contributed by atoms with Crippen LogP contribution >= 0.6 is 0 Å². The van der Waals surface area contributed by atoms with E-state index in [0.29, 0.717) is 6.42 Å². The lowest BCUT2D eigenvalue weighted by Crippen LogP contribution is -2.32. The van der Waals surface area contributed by atoms with Gasteiger partial charge in [-0.05, 0) is 43.0 Å². The fourth-order valence-electron chi connectivity index (χ4n) is 3.07. The normalized spacial score (nSPS) is 15.7. The molecule has 0 amide bonds. The van der Waals surface area contributed by atoms with Gasteiger partial charge in [-0.1, -0.05) is 30.3 Å². The van der Waals surface area contributed by atoms with Crippen LogP contribution in [0.25, 0.3) is 0 Å². The minimum atomic E-state index is -0.149. The molecule has 2 N–H and O–H groups in total. The molecule has 1 unspecified atom stereocenters. The third kappa shape index (κ3) is 2.93. The van der Waals surface area contributed by atoms with Crippen LogP contribution in [0.5, 0.6) is 0 Å². The van der Waals surface area contributed by atoms with Crippen LogP contribution in [0.1, 0.15) is 23.6 Å². The first-order chi connectivity index (χ1) is 10.1. The Kier molecular flexibility index (Phi) is 3.93. The Bertz CT molecular complexity index is 637. The number of nitrogens with zero attached hydrogens (tertiary/aromatic N) is 1. The van der Waals surface area contributed by atoms with E-state index in [0.717, 1.165) is 30.8 Å².